The maximum Gasteiger partial charge on any atom is 0.260 e. The normalized spacial score (nSPS) is 17.1. The highest BCUT2D eigenvalue weighted by Crippen LogP contribution is 2.42. The lowest BCUT2D eigenvalue weighted by Gasteiger charge is -2.29. The van der Waals surface area contributed by atoms with Crippen molar-refractivity contribution in [2.45, 2.75) is 45.1 Å². The second kappa shape index (κ2) is 10.1. The van der Waals surface area contributed by atoms with Crippen LogP contribution in [0.1, 0.15) is 54.1 Å². The van der Waals surface area contributed by atoms with Crippen LogP contribution in [-0.2, 0) is 0 Å². The number of carbonyl (C=O) groups is 1. The number of aromatic nitrogens is 1. The van der Waals surface area contributed by atoms with Crippen molar-refractivity contribution in [2.75, 3.05) is 26.2 Å². The lowest BCUT2D eigenvalue weighted by Crippen LogP contribution is -2.46. The molecule has 1 saturated carbocycles. The van der Waals surface area contributed by atoms with Gasteiger partial charge in [0.15, 0.2) is 0 Å². The minimum atomic E-state index is -0.346. The van der Waals surface area contributed by atoms with E-state index in [1.165, 1.54) is 18.6 Å². The van der Waals surface area contributed by atoms with E-state index in [0.29, 0.717) is 30.3 Å². The molecule has 2 fully saturated rings. The van der Waals surface area contributed by atoms with Crippen LogP contribution in [0.5, 0.6) is 11.6 Å². The number of carbonyl (C=O) groups excluding carboxylic acids is 1. The van der Waals surface area contributed by atoms with E-state index in [0.717, 1.165) is 55.2 Å². The molecular formula is C26H31ClFN3O2. The van der Waals surface area contributed by atoms with E-state index in [9.17, 15) is 9.18 Å². The highest BCUT2D eigenvalue weighted by atomic mass is 35.5. The van der Waals surface area contributed by atoms with Crippen molar-refractivity contribution >= 4 is 29.2 Å². The zero-order valence-corrected chi connectivity index (χ0v) is 19.8. The van der Waals surface area contributed by atoms with Crippen molar-refractivity contribution in [3.8, 4) is 11.6 Å². The van der Waals surface area contributed by atoms with E-state index in [-0.39, 0.29) is 30.2 Å². The number of para-hydroxylation sites is 1. The van der Waals surface area contributed by atoms with Crippen LogP contribution in [0.4, 0.5) is 4.39 Å². The Balaban J connectivity index is 0.00000259. The number of benzene rings is 2. The summed E-state index contributed by atoms with van der Waals surface area (Å²) in [5.74, 6) is 0.650. The van der Waals surface area contributed by atoms with Crippen LogP contribution in [0.2, 0.25) is 0 Å². The molecule has 2 aromatic carbocycles. The van der Waals surface area contributed by atoms with E-state index in [2.05, 4.69) is 16.0 Å². The fourth-order valence-corrected chi connectivity index (χ4v) is 5.06. The Kier molecular flexibility index (Phi) is 7.25. The van der Waals surface area contributed by atoms with Gasteiger partial charge in [0.2, 0.25) is 5.88 Å². The van der Waals surface area contributed by atoms with E-state index in [4.69, 9.17) is 4.74 Å². The van der Waals surface area contributed by atoms with Crippen molar-refractivity contribution in [3.63, 3.8) is 0 Å². The van der Waals surface area contributed by atoms with Gasteiger partial charge in [-0.2, -0.15) is 0 Å². The quantitative estimate of drug-likeness (QED) is 0.519. The van der Waals surface area contributed by atoms with Gasteiger partial charge < -0.3 is 19.5 Å². The minimum absolute atomic E-state index is 0. The smallest absolute Gasteiger partial charge is 0.260 e. The van der Waals surface area contributed by atoms with Gasteiger partial charge in [0.1, 0.15) is 17.1 Å². The summed E-state index contributed by atoms with van der Waals surface area (Å²) >= 11 is 0. The van der Waals surface area contributed by atoms with Crippen LogP contribution >= 0.6 is 12.4 Å². The summed E-state index contributed by atoms with van der Waals surface area (Å²) < 4.78 is 22.8. The predicted octanol–water partition coefficient (Wildman–Crippen LogP) is 5.85. The highest BCUT2D eigenvalue weighted by Gasteiger charge is 2.32. The molecule has 1 amide bonds. The molecule has 5 nitrogen and oxygen atoms in total. The first-order valence-corrected chi connectivity index (χ1v) is 11.7. The predicted molar refractivity (Wildman–Crippen MR) is 131 cm³/mol. The number of halogens is 2. The first kappa shape index (κ1) is 23.6. The number of fused-ring (bicyclic) bond motifs is 1. The molecule has 3 aromatic rings. The lowest BCUT2D eigenvalue weighted by molar-refractivity contribution is 0.0734. The second-order valence-corrected chi connectivity index (χ2v) is 8.91. The Labute approximate surface area is 200 Å². The molecule has 0 radical (unpaired) electrons. The Morgan fingerprint density at radius 1 is 1.06 bits per heavy atom. The molecule has 5 rings (SSSR count). The number of aryl methyl sites for hydroxylation is 1. The average molecular weight is 472 g/mol. The zero-order chi connectivity index (χ0) is 22.1. The third-order valence-electron chi connectivity index (χ3n) is 6.78. The summed E-state index contributed by atoms with van der Waals surface area (Å²) in [5.41, 5.74) is 2.45. The third kappa shape index (κ3) is 4.59. The molecule has 33 heavy (non-hydrogen) atoms. The SMILES string of the molecule is Cc1ccc(F)cc1Oc1c(C(=O)N2CCNCC2)c2ccccc2n1C1CCCCC1.Cl. The molecule has 1 aliphatic heterocycles. The lowest BCUT2D eigenvalue weighted by atomic mass is 9.95. The van der Waals surface area contributed by atoms with E-state index >= 15 is 0 Å². The standard InChI is InChI=1S/C26H30FN3O2.ClH/c1-18-11-12-19(27)17-23(18)32-26-24(25(31)29-15-13-28-14-16-29)21-9-5-6-10-22(21)30(26)20-7-3-2-4-8-20;/h5-6,9-12,17,20,28H,2-4,7-8,13-16H2,1H3;1H. The highest BCUT2D eigenvalue weighted by molar-refractivity contribution is 6.10. The van der Waals surface area contributed by atoms with Crippen LogP contribution in [-0.4, -0.2) is 41.6 Å². The van der Waals surface area contributed by atoms with Crippen molar-refractivity contribution in [1.82, 2.24) is 14.8 Å². The molecule has 7 heteroatoms. The fourth-order valence-electron chi connectivity index (χ4n) is 5.06. The largest absolute Gasteiger partial charge is 0.440 e. The Morgan fingerprint density at radius 2 is 1.79 bits per heavy atom. The van der Waals surface area contributed by atoms with Gasteiger partial charge in [-0.1, -0.05) is 43.5 Å². The zero-order valence-electron chi connectivity index (χ0n) is 19.0. The minimum Gasteiger partial charge on any atom is -0.440 e. The number of hydrogen-bond acceptors (Lipinski definition) is 3. The number of ether oxygens (including phenoxy) is 1. The molecule has 176 valence electrons. The average Bonchev–Trinajstić information content (AvgIpc) is 3.15. The molecule has 0 atom stereocenters. The van der Waals surface area contributed by atoms with Gasteiger partial charge in [0.25, 0.3) is 5.91 Å². The molecule has 2 heterocycles. The molecule has 2 aliphatic rings. The summed E-state index contributed by atoms with van der Waals surface area (Å²) in [6.45, 7) is 4.80. The van der Waals surface area contributed by atoms with Gasteiger partial charge in [-0.15, -0.1) is 12.4 Å². The number of nitrogens with one attached hydrogen (secondary N) is 1. The molecule has 1 aromatic heterocycles. The molecule has 1 saturated heterocycles. The van der Waals surface area contributed by atoms with Gasteiger partial charge in [-0.05, 0) is 37.5 Å². The maximum atomic E-state index is 14.1. The molecular weight excluding hydrogens is 441 g/mol. The number of amides is 1. The molecule has 0 bridgehead atoms. The Morgan fingerprint density at radius 3 is 2.55 bits per heavy atom. The fraction of sp³-hybridized carbons (Fsp3) is 0.423. The Hall–Kier alpha value is -2.57. The first-order valence-electron chi connectivity index (χ1n) is 11.7. The van der Waals surface area contributed by atoms with Crippen LogP contribution < -0.4 is 10.1 Å². The summed E-state index contributed by atoms with van der Waals surface area (Å²) in [6, 6.07) is 12.9. The van der Waals surface area contributed by atoms with E-state index < -0.39 is 0 Å². The van der Waals surface area contributed by atoms with Crippen LogP contribution in [0.3, 0.4) is 0 Å². The first-order chi connectivity index (χ1) is 15.6. The van der Waals surface area contributed by atoms with Gasteiger partial charge in [-0.25, -0.2) is 4.39 Å². The van der Waals surface area contributed by atoms with Gasteiger partial charge in [0, 0.05) is 43.7 Å². The topological polar surface area (TPSA) is 46.5 Å². The van der Waals surface area contributed by atoms with Gasteiger partial charge in [-0.3, -0.25) is 4.79 Å². The van der Waals surface area contributed by atoms with Crippen molar-refractivity contribution in [3.05, 3.63) is 59.4 Å². The van der Waals surface area contributed by atoms with Gasteiger partial charge >= 0.3 is 0 Å². The van der Waals surface area contributed by atoms with E-state index in [1.54, 1.807) is 6.07 Å². The Bertz CT molecular complexity index is 1130. The molecule has 1 N–H and O–H groups in total. The summed E-state index contributed by atoms with van der Waals surface area (Å²) in [5, 5.41) is 4.22. The van der Waals surface area contributed by atoms with Crippen LogP contribution in [0.15, 0.2) is 42.5 Å². The molecule has 1 aliphatic carbocycles. The number of nitrogens with zero attached hydrogens (tertiary/aromatic N) is 2. The molecule has 0 unspecified atom stereocenters. The number of rotatable bonds is 4. The van der Waals surface area contributed by atoms with E-state index in [1.807, 2.05) is 30.0 Å². The number of piperazine rings is 1. The third-order valence-corrected chi connectivity index (χ3v) is 6.78. The van der Waals surface area contributed by atoms with Crippen molar-refractivity contribution in [2.24, 2.45) is 0 Å². The number of hydrogen-bond donors (Lipinski definition) is 1. The van der Waals surface area contributed by atoms with Crippen LogP contribution in [0, 0.1) is 12.7 Å². The van der Waals surface area contributed by atoms with Crippen molar-refractivity contribution in [1.29, 1.82) is 0 Å². The van der Waals surface area contributed by atoms with Gasteiger partial charge in [0.05, 0.1) is 5.52 Å². The summed E-state index contributed by atoms with van der Waals surface area (Å²) in [6.07, 6.45) is 5.67. The summed E-state index contributed by atoms with van der Waals surface area (Å²) in [7, 11) is 0. The molecule has 0 spiro atoms. The monoisotopic (exact) mass is 471 g/mol. The van der Waals surface area contributed by atoms with Crippen LogP contribution in [0.25, 0.3) is 10.9 Å². The second-order valence-electron chi connectivity index (χ2n) is 8.91. The maximum absolute atomic E-state index is 14.1. The summed E-state index contributed by atoms with van der Waals surface area (Å²) in [4.78, 5) is 15.7. The van der Waals surface area contributed by atoms with Crippen molar-refractivity contribution < 1.29 is 13.9 Å².